The molecule has 9 nitrogen and oxygen atoms in total. The molecule has 0 saturated carbocycles. The number of carbonyl (C=O) groups is 1. The number of rotatable bonds is 4. The molecule has 0 radical (unpaired) electrons. The summed E-state index contributed by atoms with van der Waals surface area (Å²) in [5, 5.41) is 0.966. The van der Waals surface area contributed by atoms with Gasteiger partial charge >= 0.3 is 6.09 Å². The Bertz CT molecular complexity index is 1010. The number of para-hydroxylation sites is 1. The van der Waals surface area contributed by atoms with E-state index in [4.69, 9.17) is 15.2 Å². The first-order valence-electron chi connectivity index (χ1n) is 9.46. The fourth-order valence-corrected chi connectivity index (χ4v) is 3.28. The van der Waals surface area contributed by atoms with Crippen LogP contribution in [0.4, 0.5) is 16.3 Å². The Morgan fingerprint density at radius 2 is 1.90 bits per heavy atom. The normalized spacial score (nSPS) is 14.1. The van der Waals surface area contributed by atoms with Gasteiger partial charge in [0.1, 0.15) is 17.5 Å². The van der Waals surface area contributed by atoms with Crippen molar-refractivity contribution in [3.05, 3.63) is 42.9 Å². The Kier molecular flexibility index (Phi) is 5.28. The van der Waals surface area contributed by atoms with Crippen molar-refractivity contribution in [1.82, 2.24) is 19.9 Å². The number of ether oxygens (including phenoxy) is 2. The molecule has 29 heavy (non-hydrogen) atoms. The molecule has 0 bridgehead atoms. The second-order valence-corrected chi connectivity index (χ2v) is 6.52. The number of carbonyl (C=O) groups excluding carboxylic acids is 1. The third kappa shape index (κ3) is 3.84. The number of hydrogen-bond donors (Lipinski definition) is 1. The van der Waals surface area contributed by atoms with Gasteiger partial charge in [-0.3, -0.25) is 4.98 Å². The number of hydrogen-bond acceptors (Lipinski definition) is 8. The van der Waals surface area contributed by atoms with Gasteiger partial charge in [0.2, 0.25) is 5.88 Å². The van der Waals surface area contributed by atoms with E-state index in [1.165, 1.54) is 6.33 Å². The smallest absolute Gasteiger partial charge is 0.409 e. The predicted molar refractivity (Wildman–Crippen MR) is 109 cm³/mol. The van der Waals surface area contributed by atoms with Crippen molar-refractivity contribution < 1.29 is 14.3 Å². The zero-order chi connectivity index (χ0) is 20.2. The van der Waals surface area contributed by atoms with E-state index < -0.39 is 0 Å². The molecule has 4 rings (SSSR count). The highest BCUT2D eigenvalue weighted by Crippen LogP contribution is 2.34. The van der Waals surface area contributed by atoms with Crippen LogP contribution in [-0.4, -0.2) is 58.7 Å². The highest BCUT2D eigenvalue weighted by Gasteiger charge is 2.25. The van der Waals surface area contributed by atoms with Crippen LogP contribution in [0, 0.1) is 0 Å². The molecule has 0 atom stereocenters. The molecule has 1 aromatic carbocycles. The van der Waals surface area contributed by atoms with Crippen LogP contribution >= 0.6 is 0 Å². The summed E-state index contributed by atoms with van der Waals surface area (Å²) < 4.78 is 11.1. The molecule has 1 aliphatic rings. The second kappa shape index (κ2) is 8.17. The van der Waals surface area contributed by atoms with Gasteiger partial charge in [-0.2, -0.15) is 4.98 Å². The van der Waals surface area contributed by atoms with Crippen LogP contribution in [0.2, 0.25) is 0 Å². The van der Waals surface area contributed by atoms with Crippen molar-refractivity contribution >= 4 is 28.5 Å². The van der Waals surface area contributed by atoms with E-state index in [0.29, 0.717) is 50.0 Å². The number of nitrogen functional groups attached to an aromatic ring is 1. The summed E-state index contributed by atoms with van der Waals surface area (Å²) in [6.07, 6.45) is 2.85. The van der Waals surface area contributed by atoms with E-state index in [9.17, 15) is 4.79 Å². The number of aromatic nitrogens is 3. The van der Waals surface area contributed by atoms with Gasteiger partial charge in [-0.05, 0) is 19.1 Å². The van der Waals surface area contributed by atoms with Crippen LogP contribution in [0.25, 0.3) is 10.9 Å². The lowest BCUT2D eigenvalue weighted by molar-refractivity contribution is 0.105. The zero-order valence-electron chi connectivity index (χ0n) is 16.1. The Balaban J connectivity index is 1.53. The Hall–Kier alpha value is -3.62. The molecule has 0 aliphatic carbocycles. The number of amides is 1. The molecule has 9 heteroatoms. The molecule has 1 aliphatic heterocycles. The number of anilines is 2. The molecule has 0 unspecified atom stereocenters. The molecule has 1 saturated heterocycles. The van der Waals surface area contributed by atoms with Crippen LogP contribution in [-0.2, 0) is 4.74 Å². The van der Waals surface area contributed by atoms with E-state index >= 15 is 0 Å². The topological polar surface area (TPSA) is 107 Å². The fourth-order valence-electron chi connectivity index (χ4n) is 3.28. The summed E-state index contributed by atoms with van der Waals surface area (Å²) in [6, 6.07) is 9.53. The third-order valence-corrected chi connectivity index (χ3v) is 4.73. The predicted octanol–water partition coefficient (Wildman–Crippen LogP) is 2.68. The van der Waals surface area contributed by atoms with Gasteiger partial charge in [-0.1, -0.05) is 18.2 Å². The number of piperazine rings is 1. The highest BCUT2D eigenvalue weighted by atomic mass is 16.6. The molecule has 2 aromatic heterocycles. The largest absolute Gasteiger partial charge is 0.450 e. The maximum atomic E-state index is 11.9. The standard InChI is InChI=1S/C20H22N6O3/c1-2-28-20(27)26-11-9-25(10-12-26)18-16(21)19(24-13-23-18)29-15-7-3-5-14-6-4-8-22-17(14)15/h3-8,13H,2,9-12,21H2,1H3. The van der Waals surface area contributed by atoms with Gasteiger partial charge in [0.25, 0.3) is 0 Å². The first-order valence-corrected chi connectivity index (χ1v) is 9.46. The summed E-state index contributed by atoms with van der Waals surface area (Å²) in [4.78, 5) is 28.5. The number of benzene rings is 1. The lowest BCUT2D eigenvalue weighted by atomic mass is 10.2. The van der Waals surface area contributed by atoms with Crippen molar-refractivity contribution in [1.29, 1.82) is 0 Å². The SMILES string of the molecule is CCOC(=O)N1CCN(c2ncnc(Oc3cccc4cccnc34)c2N)CC1. The Morgan fingerprint density at radius 3 is 2.69 bits per heavy atom. The fraction of sp³-hybridized carbons (Fsp3) is 0.300. The van der Waals surface area contributed by atoms with Crippen LogP contribution in [0.3, 0.4) is 0 Å². The lowest BCUT2D eigenvalue weighted by Crippen LogP contribution is -2.49. The summed E-state index contributed by atoms with van der Waals surface area (Å²) in [6.45, 7) is 4.41. The van der Waals surface area contributed by atoms with E-state index in [2.05, 4.69) is 15.0 Å². The minimum absolute atomic E-state index is 0.279. The molecular weight excluding hydrogens is 372 g/mol. The van der Waals surface area contributed by atoms with Crippen LogP contribution in [0.5, 0.6) is 11.6 Å². The molecule has 150 valence electrons. The van der Waals surface area contributed by atoms with Crippen molar-refractivity contribution in [2.45, 2.75) is 6.92 Å². The summed E-state index contributed by atoms with van der Waals surface area (Å²) in [5.74, 6) is 1.44. The summed E-state index contributed by atoms with van der Waals surface area (Å²) in [7, 11) is 0. The number of nitrogens with two attached hydrogens (primary N) is 1. The van der Waals surface area contributed by atoms with Gasteiger partial charge in [0, 0.05) is 37.8 Å². The van der Waals surface area contributed by atoms with Crippen molar-refractivity contribution in [3.8, 4) is 11.6 Å². The summed E-state index contributed by atoms with van der Waals surface area (Å²) >= 11 is 0. The lowest BCUT2D eigenvalue weighted by Gasteiger charge is -2.35. The quantitative estimate of drug-likeness (QED) is 0.720. The van der Waals surface area contributed by atoms with Crippen molar-refractivity contribution in [2.24, 2.45) is 0 Å². The molecule has 1 amide bonds. The van der Waals surface area contributed by atoms with E-state index in [0.717, 1.165) is 10.9 Å². The Labute approximate surface area is 168 Å². The maximum absolute atomic E-state index is 11.9. The molecule has 2 N–H and O–H groups in total. The number of nitrogens with zero attached hydrogens (tertiary/aromatic N) is 5. The van der Waals surface area contributed by atoms with Crippen LogP contribution in [0.15, 0.2) is 42.9 Å². The van der Waals surface area contributed by atoms with Gasteiger partial charge in [0.15, 0.2) is 11.6 Å². The first kappa shape index (κ1) is 18.7. The summed E-state index contributed by atoms with van der Waals surface area (Å²) in [5.41, 5.74) is 7.42. The molecule has 1 fully saturated rings. The van der Waals surface area contributed by atoms with E-state index in [-0.39, 0.29) is 12.0 Å². The third-order valence-electron chi connectivity index (χ3n) is 4.73. The van der Waals surface area contributed by atoms with Crippen LogP contribution < -0.4 is 15.4 Å². The first-order chi connectivity index (χ1) is 14.2. The molecule has 0 spiro atoms. The van der Waals surface area contributed by atoms with Crippen molar-refractivity contribution in [2.75, 3.05) is 43.4 Å². The minimum atomic E-state index is -0.296. The van der Waals surface area contributed by atoms with Crippen LogP contribution in [0.1, 0.15) is 6.92 Å². The average Bonchev–Trinajstić information content (AvgIpc) is 2.76. The Morgan fingerprint density at radius 1 is 1.10 bits per heavy atom. The minimum Gasteiger partial charge on any atom is -0.450 e. The van der Waals surface area contributed by atoms with Gasteiger partial charge in [-0.15, -0.1) is 0 Å². The van der Waals surface area contributed by atoms with Crippen molar-refractivity contribution in [3.63, 3.8) is 0 Å². The molecule has 3 heterocycles. The maximum Gasteiger partial charge on any atom is 0.409 e. The average molecular weight is 394 g/mol. The monoisotopic (exact) mass is 394 g/mol. The number of fused-ring (bicyclic) bond motifs is 1. The highest BCUT2D eigenvalue weighted by molar-refractivity contribution is 5.84. The van der Waals surface area contributed by atoms with E-state index in [1.54, 1.807) is 18.0 Å². The van der Waals surface area contributed by atoms with Gasteiger partial charge in [-0.25, -0.2) is 9.78 Å². The molecule has 3 aromatic rings. The molecular formula is C20H22N6O3. The van der Waals surface area contributed by atoms with Gasteiger partial charge in [0.05, 0.1) is 6.61 Å². The number of pyridine rings is 1. The van der Waals surface area contributed by atoms with E-state index in [1.807, 2.05) is 35.2 Å². The van der Waals surface area contributed by atoms with Gasteiger partial charge < -0.3 is 25.0 Å². The second-order valence-electron chi connectivity index (χ2n) is 6.52. The zero-order valence-corrected chi connectivity index (χ0v) is 16.1.